The monoisotopic (exact) mass is 313 g/mol. The van der Waals surface area contributed by atoms with Gasteiger partial charge in [-0.3, -0.25) is 4.98 Å². The van der Waals surface area contributed by atoms with E-state index >= 15 is 0 Å². The first kappa shape index (κ1) is 15.0. The Morgan fingerprint density at radius 1 is 0.913 bits per heavy atom. The van der Waals surface area contributed by atoms with Crippen LogP contribution in [-0.2, 0) is 0 Å². The normalized spacial score (nSPS) is 11.0. The molecule has 1 aromatic carbocycles. The second-order valence-corrected chi connectivity index (χ2v) is 4.96. The highest BCUT2D eigenvalue weighted by atomic mass is 19.3. The topological polar surface area (TPSA) is 77.6 Å². The van der Waals surface area contributed by atoms with Crippen molar-refractivity contribution in [3.8, 4) is 22.5 Å². The molecular weight excluding hydrogens is 300 g/mol. The number of aryl methyl sites for hydroxylation is 1. The molecule has 0 unspecified atom stereocenters. The number of benzene rings is 1. The summed E-state index contributed by atoms with van der Waals surface area (Å²) in [6.07, 6.45) is -2.66. The van der Waals surface area contributed by atoms with Crippen LogP contribution < -0.4 is 5.73 Å². The maximum absolute atomic E-state index is 13.0. The lowest BCUT2D eigenvalue weighted by molar-refractivity contribution is 0.146. The fourth-order valence-electron chi connectivity index (χ4n) is 2.27. The summed E-state index contributed by atoms with van der Waals surface area (Å²) >= 11 is 0. The molecule has 0 bridgehead atoms. The SMILES string of the molecule is Cc1cc(-c2nnc(N)nc2-c2ccccc2)cc(C(F)F)n1. The summed E-state index contributed by atoms with van der Waals surface area (Å²) in [4.78, 5) is 8.06. The molecule has 7 heteroatoms. The average molecular weight is 313 g/mol. The molecule has 3 aromatic rings. The van der Waals surface area contributed by atoms with Gasteiger partial charge in [0.1, 0.15) is 17.1 Å². The summed E-state index contributed by atoms with van der Waals surface area (Å²) in [5, 5.41) is 7.81. The largest absolute Gasteiger partial charge is 0.366 e. The van der Waals surface area contributed by atoms with E-state index in [4.69, 9.17) is 5.73 Å². The van der Waals surface area contributed by atoms with E-state index in [9.17, 15) is 8.78 Å². The minimum Gasteiger partial charge on any atom is -0.366 e. The van der Waals surface area contributed by atoms with Crippen LogP contribution in [0.5, 0.6) is 0 Å². The van der Waals surface area contributed by atoms with Gasteiger partial charge in [-0.15, -0.1) is 10.2 Å². The number of anilines is 1. The number of nitrogen functional groups attached to an aromatic ring is 1. The van der Waals surface area contributed by atoms with Crippen molar-refractivity contribution in [2.75, 3.05) is 5.73 Å². The molecule has 0 saturated heterocycles. The van der Waals surface area contributed by atoms with Gasteiger partial charge in [0.2, 0.25) is 5.95 Å². The summed E-state index contributed by atoms with van der Waals surface area (Å²) in [5.74, 6) is 0.0208. The van der Waals surface area contributed by atoms with Crippen molar-refractivity contribution in [1.82, 2.24) is 20.2 Å². The first-order valence-corrected chi connectivity index (χ1v) is 6.87. The van der Waals surface area contributed by atoms with E-state index in [0.29, 0.717) is 22.6 Å². The highest BCUT2D eigenvalue weighted by Crippen LogP contribution is 2.30. The van der Waals surface area contributed by atoms with Gasteiger partial charge in [-0.2, -0.15) is 0 Å². The van der Waals surface area contributed by atoms with Crippen LogP contribution in [0.1, 0.15) is 17.8 Å². The maximum Gasteiger partial charge on any atom is 0.280 e. The lowest BCUT2D eigenvalue weighted by Crippen LogP contribution is -2.03. The summed E-state index contributed by atoms with van der Waals surface area (Å²) < 4.78 is 26.0. The van der Waals surface area contributed by atoms with Crippen molar-refractivity contribution >= 4 is 5.95 Å². The lowest BCUT2D eigenvalue weighted by Gasteiger charge is -2.10. The van der Waals surface area contributed by atoms with Crippen molar-refractivity contribution in [2.24, 2.45) is 0 Å². The van der Waals surface area contributed by atoms with Crippen LogP contribution in [0, 0.1) is 6.92 Å². The van der Waals surface area contributed by atoms with Crippen molar-refractivity contribution < 1.29 is 8.78 Å². The predicted molar refractivity (Wildman–Crippen MR) is 82.6 cm³/mol. The van der Waals surface area contributed by atoms with Crippen molar-refractivity contribution in [3.05, 3.63) is 53.9 Å². The molecule has 0 atom stereocenters. The molecule has 2 heterocycles. The van der Waals surface area contributed by atoms with Gasteiger partial charge >= 0.3 is 0 Å². The number of nitrogens with two attached hydrogens (primary N) is 1. The molecule has 2 N–H and O–H groups in total. The molecule has 0 fully saturated rings. The molecule has 3 rings (SSSR count). The van der Waals surface area contributed by atoms with Crippen LogP contribution >= 0.6 is 0 Å². The van der Waals surface area contributed by atoms with E-state index in [0.717, 1.165) is 5.56 Å². The smallest absolute Gasteiger partial charge is 0.280 e. The van der Waals surface area contributed by atoms with E-state index in [1.165, 1.54) is 6.07 Å². The Bertz CT molecular complexity index is 837. The van der Waals surface area contributed by atoms with E-state index in [1.807, 2.05) is 30.3 Å². The molecule has 0 saturated carbocycles. The number of halogens is 2. The Morgan fingerprint density at radius 2 is 1.65 bits per heavy atom. The zero-order chi connectivity index (χ0) is 16.4. The standard InChI is InChI=1S/C16H13F2N5/c1-9-7-11(8-12(20-9)15(17)18)14-13(21-16(19)23-22-14)10-5-3-2-4-6-10/h2-8,15H,1H3,(H2,19,21,23). The van der Waals surface area contributed by atoms with Gasteiger partial charge in [0.25, 0.3) is 6.43 Å². The van der Waals surface area contributed by atoms with E-state index in [1.54, 1.807) is 13.0 Å². The van der Waals surface area contributed by atoms with Gasteiger partial charge in [0.15, 0.2) is 0 Å². The maximum atomic E-state index is 13.0. The molecule has 0 spiro atoms. The van der Waals surface area contributed by atoms with Gasteiger partial charge in [0, 0.05) is 16.8 Å². The van der Waals surface area contributed by atoms with Crippen LogP contribution in [-0.4, -0.2) is 20.2 Å². The van der Waals surface area contributed by atoms with Crippen LogP contribution in [0.2, 0.25) is 0 Å². The fourth-order valence-corrected chi connectivity index (χ4v) is 2.27. The van der Waals surface area contributed by atoms with Gasteiger partial charge in [0.05, 0.1) is 0 Å². The third-order valence-corrected chi connectivity index (χ3v) is 3.22. The fraction of sp³-hybridized carbons (Fsp3) is 0.125. The molecule has 0 aliphatic carbocycles. The zero-order valence-electron chi connectivity index (χ0n) is 12.2. The second-order valence-electron chi connectivity index (χ2n) is 4.96. The Kier molecular flexibility index (Phi) is 3.92. The second kappa shape index (κ2) is 6.04. The van der Waals surface area contributed by atoms with E-state index in [-0.39, 0.29) is 11.6 Å². The van der Waals surface area contributed by atoms with Crippen LogP contribution in [0.25, 0.3) is 22.5 Å². The number of aromatic nitrogens is 4. The summed E-state index contributed by atoms with van der Waals surface area (Å²) in [5.41, 5.74) is 7.92. The quantitative estimate of drug-likeness (QED) is 0.801. The minimum absolute atomic E-state index is 0.0208. The number of alkyl halides is 2. The Hall–Kier alpha value is -2.96. The molecule has 0 radical (unpaired) electrons. The van der Waals surface area contributed by atoms with Crippen molar-refractivity contribution in [2.45, 2.75) is 13.3 Å². The lowest BCUT2D eigenvalue weighted by atomic mass is 10.0. The van der Waals surface area contributed by atoms with E-state index < -0.39 is 6.43 Å². The Balaban J connectivity index is 2.21. The van der Waals surface area contributed by atoms with Crippen molar-refractivity contribution in [1.29, 1.82) is 0 Å². The van der Waals surface area contributed by atoms with Crippen LogP contribution in [0.3, 0.4) is 0 Å². The summed E-state index contributed by atoms with van der Waals surface area (Å²) in [6.45, 7) is 1.65. The summed E-state index contributed by atoms with van der Waals surface area (Å²) in [7, 11) is 0. The van der Waals surface area contributed by atoms with Crippen molar-refractivity contribution in [3.63, 3.8) is 0 Å². The molecule has 0 aliphatic rings. The first-order chi connectivity index (χ1) is 11.0. The predicted octanol–water partition coefficient (Wildman–Crippen LogP) is 3.43. The molecule has 5 nitrogen and oxygen atoms in total. The molecule has 23 heavy (non-hydrogen) atoms. The van der Waals surface area contributed by atoms with E-state index in [2.05, 4.69) is 20.2 Å². The molecular formula is C16H13F2N5. The highest BCUT2D eigenvalue weighted by Gasteiger charge is 2.17. The van der Waals surface area contributed by atoms with Gasteiger partial charge < -0.3 is 5.73 Å². The number of rotatable bonds is 3. The minimum atomic E-state index is -2.66. The molecule has 0 amide bonds. The summed E-state index contributed by atoms with van der Waals surface area (Å²) in [6, 6.07) is 12.2. The number of hydrogen-bond donors (Lipinski definition) is 1. The molecule has 116 valence electrons. The third kappa shape index (κ3) is 3.13. The van der Waals surface area contributed by atoms with Gasteiger partial charge in [-0.25, -0.2) is 13.8 Å². The number of nitrogens with zero attached hydrogens (tertiary/aromatic N) is 4. The Labute approximate surface area is 131 Å². The zero-order valence-corrected chi connectivity index (χ0v) is 12.2. The van der Waals surface area contributed by atoms with Gasteiger partial charge in [-0.05, 0) is 19.1 Å². The van der Waals surface area contributed by atoms with Gasteiger partial charge in [-0.1, -0.05) is 30.3 Å². The van der Waals surface area contributed by atoms with Crippen LogP contribution in [0.4, 0.5) is 14.7 Å². The third-order valence-electron chi connectivity index (χ3n) is 3.22. The number of pyridine rings is 1. The number of hydrogen-bond acceptors (Lipinski definition) is 5. The molecule has 0 aliphatic heterocycles. The van der Waals surface area contributed by atoms with Crippen LogP contribution in [0.15, 0.2) is 42.5 Å². The Morgan fingerprint density at radius 3 is 2.35 bits per heavy atom. The molecule has 2 aromatic heterocycles. The highest BCUT2D eigenvalue weighted by molar-refractivity contribution is 5.78. The average Bonchev–Trinajstić information content (AvgIpc) is 2.55. The first-order valence-electron chi connectivity index (χ1n) is 6.87.